The lowest BCUT2D eigenvalue weighted by molar-refractivity contribution is -0.384. The van der Waals surface area contributed by atoms with Gasteiger partial charge in [0.15, 0.2) is 0 Å². The molecule has 29 heavy (non-hydrogen) atoms. The first-order chi connectivity index (χ1) is 13.3. The molecule has 1 amide bonds. The van der Waals surface area contributed by atoms with Gasteiger partial charge in [-0.25, -0.2) is 8.42 Å². The number of hydrogen-bond donors (Lipinski definition) is 2. The molecule has 0 saturated heterocycles. The molecule has 12 heteroatoms. The van der Waals surface area contributed by atoms with E-state index in [0.29, 0.717) is 17.7 Å². The number of hydrogen-bond acceptors (Lipinski definition) is 5. The predicted octanol–water partition coefficient (Wildman–Crippen LogP) is 3.64. The van der Waals surface area contributed by atoms with Crippen LogP contribution in [0.4, 0.5) is 30.2 Å². The second-order valence-electron chi connectivity index (χ2n) is 5.80. The van der Waals surface area contributed by atoms with Crippen LogP contribution < -0.4 is 10.0 Å². The molecule has 2 aromatic carbocycles. The Kier molecular flexibility index (Phi) is 6.27. The summed E-state index contributed by atoms with van der Waals surface area (Å²) in [5.74, 6) is -0.834. The number of halogens is 3. The number of alkyl halides is 3. The van der Waals surface area contributed by atoms with Crippen LogP contribution in [0.2, 0.25) is 0 Å². The lowest BCUT2D eigenvalue weighted by Gasteiger charge is -2.14. The molecule has 0 fully saturated rings. The normalized spacial score (nSPS) is 12.0. The SMILES string of the molecule is CS(=O)(=O)Nc1ccc(C(F)(F)F)cc1NC(=O)C=Cc1ccc([N+](=O)[O-])cc1. The fourth-order valence-electron chi connectivity index (χ4n) is 2.17. The van der Waals surface area contributed by atoms with Crippen molar-refractivity contribution in [2.24, 2.45) is 0 Å². The van der Waals surface area contributed by atoms with Crippen LogP contribution in [0.25, 0.3) is 6.08 Å². The van der Waals surface area contributed by atoms with Crippen LogP contribution in [0.1, 0.15) is 11.1 Å². The highest BCUT2D eigenvalue weighted by Crippen LogP contribution is 2.34. The van der Waals surface area contributed by atoms with Gasteiger partial charge in [-0.05, 0) is 42.0 Å². The third-order valence-corrected chi connectivity index (χ3v) is 4.02. The Bertz CT molecular complexity index is 1060. The van der Waals surface area contributed by atoms with Crippen LogP contribution >= 0.6 is 0 Å². The summed E-state index contributed by atoms with van der Waals surface area (Å²) in [6.45, 7) is 0. The average Bonchev–Trinajstić information content (AvgIpc) is 2.59. The summed E-state index contributed by atoms with van der Waals surface area (Å²) in [5.41, 5.74) is -1.41. The maximum Gasteiger partial charge on any atom is 0.416 e. The minimum Gasteiger partial charge on any atom is -0.321 e. The summed E-state index contributed by atoms with van der Waals surface area (Å²) in [4.78, 5) is 22.1. The molecule has 2 aromatic rings. The van der Waals surface area contributed by atoms with E-state index in [0.717, 1.165) is 18.4 Å². The summed E-state index contributed by atoms with van der Waals surface area (Å²) in [6, 6.07) is 7.36. The zero-order chi connectivity index (χ0) is 21.8. The highest BCUT2D eigenvalue weighted by Gasteiger charge is 2.31. The van der Waals surface area contributed by atoms with Gasteiger partial charge in [-0.15, -0.1) is 0 Å². The fraction of sp³-hybridized carbons (Fsp3) is 0.118. The Morgan fingerprint density at radius 1 is 1.10 bits per heavy atom. The Morgan fingerprint density at radius 2 is 1.72 bits per heavy atom. The molecule has 0 atom stereocenters. The minimum atomic E-state index is -4.70. The zero-order valence-electron chi connectivity index (χ0n) is 14.7. The van der Waals surface area contributed by atoms with Crippen LogP contribution in [0.3, 0.4) is 0 Å². The molecule has 0 radical (unpaired) electrons. The molecule has 0 unspecified atom stereocenters. The first kappa shape index (κ1) is 21.9. The van der Waals surface area contributed by atoms with Crippen molar-refractivity contribution < 1.29 is 31.3 Å². The molecule has 154 valence electrons. The van der Waals surface area contributed by atoms with E-state index in [1.54, 1.807) is 0 Å². The third kappa shape index (κ3) is 6.60. The van der Waals surface area contributed by atoms with E-state index in [9.17, 15) is 36.5 Å². The molecule has 8 nitrogen and oxygen atoms in total. The maximum absolute atomic E-state index is 12.9. The quantitative estimate of drug-likeness (QED) is 0.413. The number of carbonyl (C=O) groups is 1. The lowest BCUT2D eigenvalue weighted by Crippen LogP contribution is -2.16. The second-order valence-corrected chi connectivity index (χ2v) is 7.55. The zero-order valence-corrected chi connectivity index (χ0v) is 15.5. The van der Waals surface area contributed by atoms with Crippen molar-refractivity contribution in [1.29, 1.82) is 0 Å². The van der Waals surface area contributed by atoms with Crippen LogP contribution in [-0.2, 0) is 21.0 Å². The van der Waals surface area contributed by atoms with Crippen molar-refractivity contribution in [1.82, 2.24) is 0 Å². The molecule has 0 aliphatic rings. The van der Waals surface area contributed by atoms with Gasteiger partial charge in [-0.1, -0.05) is 0 Å². The fourth-order valence-corrected chi connectivity index (χ4v) is 2.74. The number of rotatable bonds is 6. The van der Waals surface area contributed by atoms with Crippen molar-refractivity contribution in [3.63, 3.8) is 0 Å². The lowest BCUT2D eigenvalue weighted by atomic mass is 10.1. The first-order valence-corrected chi connectivity index (χ1v) is 9.67. The summed E-state index contributed by atoms with van der Waals surface area (Å²) in [5, 5.41) is 12.8. The Hall–Kier alpha value is -3.41. The van der Waals surface area contributed by atoms with Crippen molar-refractivity contribution in [3.05, 3.63) is 69.8 Å². The van der Waals surface area contributed by atoms with Crippen LogP contribution in [-0.4, -0.2) is 25.5 Å². The molecule has 0 aliphatic carbocycles. The van der Waals surface area contributed by atoms with Gasteiger partial charge >= 0.3 is 6.18 Å². The number of nitro groups is 1. The molecule has 2 rings (SSSR count). The van der Waals surface area contributed by atoms with Gasteiger partial charge in [0.25, 0.3) is 5.69 Å². The topological polar surface area (TPSA) is 118 Å². The Balaban J connectivity index is 2.25. The number of carbonyl (C=O) groups excluding carboxylic acids is 1. The molecule has 2 N–H and O–H groups in total. The van der Waals surface area contributed by atoms with E-state index in [-0.39, 0.29) is 17.1 Å². The molecular weight excluding hydrogens is 415 g/mol. The number of amides is 1. The number of nitro benzene ring substituents is 1. The molecule has 0 spiro atoms. The van der Waals surface area contributed by atoms with E-state index >= 15 is 0 Å². The van der Waals surface area contributed by atoms with E-state index in [1.165, 1.54) is 30.3 Å². The van der Waals surface area contributed by atoms with Crippen LogP contribution in [0, 0.1) is 10.1 Å². The van der Waals surface area contributed by atoms with Gasteiger partial charge in [-0.2, -0.15) is 13.2 Å². The van der Waals surface area contributed by atoms with Crippen LogP contribution in [0.15, 0.2) is 48.5 Å². The standard InChI is InChI=1S/C17H14F3N3O5S/c1-29(27,28)22-14-8-5-12(17(18,19)20)10-15(14)21-16(24)9-4-11-2-6-13(7-3-11)23(25)26/h2-10,22H,1H3,(H,21,24). The summed E-state index contributed by atoms with van der Waals surface area (Å²) in [7, 11) is -3.81. The Morgan fingerprint density at radius 3 is 2.24 bits per heavy atom. The van der Waals surface area contributed by atoms with Gasteiger partial charge < -0.3 is 5.32 Å². The summed E-state index contributed by atoms with van der Waals surface area (Å²) >= 11 is 0. The predicted molar refractivity (Wildman–Crippen MR) is 101 cm³/mol. The number of nitrogens with zero attached hydrogens (tertiary/aromatic N) is 1. The summed E-state index contributed by atoms with van der Waals surface area (Å²) in [6.07, 6.45) is -1.61. The third-order valence-electron chi connectivity index (χ3n) is 3.43. The van der Waals surface area contributed by atoms with Crippen molar-refractivity contribution in [2.45, 2.75) is 6.18 Å². The number of benzene rings is 2. The molecular formula is C17H14F3N3O5S. The first-order valence-electron chi connectivity index (χ1n) is 7.78. The van der Waals surface area contributed by atoms with Crippen molar-refractivity contribution in [2.75, 3.05) is 16.3 Å². The largest absolute Gasteiger partial charge is 0.416 e. The molecule has 0 heterocycles. The maximum atomic E-state index is 12.9. The smallest absolute Gasteiger partial charge is 0.321 e. The number of nitrogens with one attached hydrogen (secondary N) is 2. The van der Waals surface area contributed by atoms with Crippen LogP contribution in [0.5, 0.6) is 0 Å². The number of non-ortho nitro benzene ring substituents is 1. The van der Waals surface area contributed by atoms with Gasteiger partial charge in [0.2, 0.25) is 15.9 Å². The molecule has 0 saturated carbocycles. The highest BCUT2D eigenvalue weighted by atomic mass is 32.2. The van der Waals surface area contributed by atoms with E-state index in [2.05, 4.69) is 5.32 Å². The number of anilines is 2. The molecule has 0 aromatic heterocycles. The molecule has 0 aliphatic heterocycles. The minimum absolute atomic E-state index is 0.146. The van der Waals surface area contributed by atoms with Gasteiger partial charge in [0.1, 0.15) is 0 Å². The van der Waals surface area contributed by atoms with E-state index in [1.807, 2.05) is 4.72 Å². The molecule has 0 bridgehead atoms. The van der Waals surface area contributed by atoms with Crippen molar-refractivity contribution >= 4 is 39.1 Å². The average molecular weight is 429 g/mol. The Labute approximate surface area is 163 Å². The van der Waals surface area contributed by atoms with Gasteiger partial charge in [0.05, 0.1) is 28.1 Å². The van der Waals surface area contributed by atoms with E-state index in [4.69, 9.17) is 0 Å². The summed E-state index contributed by atoms with van der Waals surface area (Å²) < 4.78 is 63.6. The highest BCUT2D eigenvalue weighted by molar-refractivity contribution is 7.92. The second kappa shape index (κ2) is 8.31. The van der Waals surface area contributed by atoms with E-state index < -0.39 is 32.6 Å². The van der Waals surface area contributed by atoms with Crippen molar-refractivity contribution in [3.8, 4) is 0 Å². The number of sulfonamides is 1. The monoisotopic (exact) mass is 429 g/mol. The van der Waals surface area contributed by atoms with Gasteiger partial charge in [-0.3, -0.25) is 19.6 Å². The van der Waals surface area contributed by atoms with Gasteiger partial charge in [0, 0.05) is 18.2 Å².